The zero-order valence-electron chi connectivity index (χ0n) is 25.5. The number of rotatable bonds is 5. The average Bonchev–Trinajstić information content (AvgIpc) is 3.54. The molecule has 8 aromatic rings. The average molecular weight is 604 g/mol. The van der Waals surface area contributed by atoms with Crippen molar-refractivity contribution in [3.05, 3.63) is 180 Å². The smallest absolute Gasteiger partial charge is 0.159 e. The number of nitrogens with one attached hydrogen (secondary N) is 1. The molecule has 1 aliphatic heterocycles. The molecule has 9 rings (SSSR count). The predicted octanol–water partition coefficient (Wildman–Crippen LogP) is 10.6. The summed E-state index contributed by atoms with van der Waals surface area (Å²) in [6.45, 7) is 0. The van der Waals surface area contributed by atoms with Gasteiger partial charge in [0.1, 0.15) is 23.2 Å². The molecule has 1 aliphatic rings. The SMILES string of the molecule is c1ccc(C2=NC(c3cccc(-c4ccccc4)c3)NC(c3ccc4ccc(-c5cccc6oc7ccccc7c56)cc4c3)=N2)cc1. The molecule has 2 heterocycles. The van der Waals surface area contributed by atoms with Crippen LogP contribution in [0.1, 0.15) is 22.9 Å². The summed E-state index contributed by atoms with van der Waals surface area (Å²) in [5, 5.41) is 8.24. The Hall–Kier alpha value is -6.26. The van der Waals surface area contributed by atoms with Crippen LogP contribution in [0.5, 0.6) is 0 Å². The van der Waals surface area contributed by atoms with Crippen LogP contribution in [0.15, 0.2) is 178 Å². The molecule has 1 unspecified atom stereocenters. The normalized spacial score (nSPS) is 14.6. The van der Waals surface area contributed by atoms with E-state index in [0.29, 0.717) is 5.84 Å². The maximum atomic E-state index is 6.19. The summed E-state index contributed by atoms with van der Waals surface area (Å²) in [5.74, 6) is 1.51. The van der Waals surface area contributed by atoms with Gasteiger partial charge in [0.05, 0.1) is 0 Å². The second kappa shape index (κ2) is 11.3. The standard InChI is InChI=1S/C43H29N3O/c1-3-11-28(12-4-1)31-15-9-16-33(25-31)42-44-41(30-13-5-2-6-14-30)45-43(46-42)34-24-22-29-21-23-32(26-35(29)27-34)36-18-10-20-39-40(36)37-17-7-8-19-38(37)47-39/h1-27,42H,(H,44,45,46). The van der Waals surface area contributed by atoms with E-state index in [4.69, 9.17) is 14.4 Å². The van der Waals surface area contributed by atoms with Crippen LogP contribution in [0.25, 0.3) is 55.0 Å². The minimum atomic E-state index is -0.296. The Kier molecular flexibility index (Phi) is 6.50. The van der Waals surface area contributed by atoms with Gasteiger partial charge in [-0.05, 0) is 68.9 Å². The Morgan fingerprint density at radius 3 is 2.02 bits per heavy atom. The van der Waals surface area contributed by atoms with Crippen molar-refractivity contribution in [2.75, 3.05) is 0 Å². The minimum absolute atomic E-state index is 0.296. The van der Waals surface area contributed by atoms with Gasteiger partial charge in [0.2, 0.25) is 0 Å². The summed E-state index contributed by atoms with van der Waals surface area (Å²) < 4.78 is 6.19. The van der Waals surface area contributed by atoms with Crippen molar-refractivity contribution in [2.45, 2.75) is 6.17 Å². The zero-order chi connectivity index (χ0) is 31.2. The first-order valence-corrected chi connectivity index (χ1v) is 15.9. The largest absolute Gasteiger partial charge is 0.456 e. The van der Waals surface area contributed by atoms with Crippen molar-refractivity contribution in [1.29, 1.82) is 0 Å². The Morgan fingerprint density at radius 2 is 1.17 bits per heavy atom. The first kappa shape index (κ1) is 27.1. The molecule has 47 heavy (non-hydrogen) atoms. The number of amidine groups is 2. The monoisotopic (exact) mass is 603 g/mol. The van der Waals surface area contributed by atoms with Gasteiger partial charge >= 0.3 is 0 Å². The number of benzene rings is 7. The van der Waals surface area contributed by atoms with Gasteiger partial charge in [-0.1, -0.05) is 133 Å². The van der Waals surface area contributed by atoms with E-state index in [2.05, 4.69) is 127 Å². The molecule has 0 aliphatic carbocycles. The number of hydrogen-bond acceptors (Lipinski definition) is 4. The Morgan fingerprint density at radius 1 is 0.489 bits per heavy atom. The maximum absolute atomic E-state index is 6.19. The highest BCUT2D eigenvalue weighted by Crippen LogP contribution is 2.37. The Labute approximate surface area is 272 Å². The van der Waals surface area contributed by atoms with Crippen LogP contribution in [0.3, 0.4) is 0 Å². The molecular formula is C43H29N3O. The lowest BCUT2D eigenvalue weighted by atomic mass is 9.96. The van der Waals surface area contributed by atoms with E-state index in [9.17, 15) is 0 Å². The molecule has 0 saturated heterocycles. The molecule has 1 N–H and O–H groups in total. The molecule has 0 amide bonds. The fraction of sp³-hybridized carbons (Fsp3) is 0.0233. The lowest BCUT2D eigenvalue weighted by Gasteiger charge is -2.24. The highest BCUT2D eigenvalue weighted by atomic mass is 16.3. The van der Waals surface area contributed by atoms with Crippen LogP contribution in [0.4, 0.5) is 0 Å². The molecule has 4 nitrogen and oxygen atoms in total. The van der Waals surface area contributed by atoms with Crippen molar-refractivity contribution in [1.82, 2.24) is 5.32 Å². The van der Waals surface area contributed by atoms with E-state index in [1.54, 1.807) is 0 Å². The van der Waals surface area contributed by atoms with E-state index in [0.717, 1.165) is 66.5 Å². The van der Waals surface area contributed by atoms with E-state index in [1.807, 2.05) is 42.5 Å². The van der Waals surface area contributed by atoms with Crippen molar-refractivity contribution in [2.24, 2.45) is 9.98 Å². The summed E-state index contributed by atoms with van der Waals surface area (Å²) in [7, 11) is 0. The quantitative estimate of drug-likeness (QED) is 0.213. The van der Waals surface area contributed by atoms with Gasteiger partial charge in [-0.2, -0.15) is 0 Å². The summed E-state index contributed by atoms with van der Waals surface area (Å²) in [6.07, 6.45) is -0.296. The molecular weight excluding hydrogens is 574 g/mol. The fourth-order valence-corrected chi connectivity index (χ4v) is 6.58. The zero-order valence-corrected chi connectivity index (χ0v) is 25.5. The van der Waals surface area contributed by atoms with Crippen molar-refractivity contribution >= 4 is 44.4 Å². The van der Waals surface area contributed by atoms with Crippen LogP contribution < -0.4 is 5.32 Å². The first-order valence-electron chi connectivity index (χ1n) is 15.9. The third kappa shape index (κ3) is 4.97. The molecule has 0 fully saturated rings. The van der Waals surface area contributed by atoms with Gasteiger partial charge < -0.3 is 9.73 Å². The van der Waals surface area contributed by atoms with Crippen LogP contribution in [0.2, 0.25) is 0 Å². The van der Waals surface area contributed by atoms with Crippen molar-refractivity contribution < 1.29 is 4.42 Å². The highest BCUT2D eigenvalue weighted by molar-refractivity contribution is 6.15. The number of furan rings is 1. The van der Waals surface area contributed by atoms with Crippen LogP contribution in [0, 0.1) is 0 Å². The van der Waals surface area contributed by atoms with Gasteiger partial charge in [0, 0.05) is 21.9 Å². The molecule has 7 aromatic carbocycles. The lowest BCUT2D eigenvalue weighted by Crippen LogP contribution is -2.33. The number of aliphatic imine (C=N–C) groups is 2. The maximum Gasteiger partial charge on any atom is 0.159 e. The molecule has 0 bridgehead atoms. The Balaban J connectivity index is 1.13. The molecule has 4 heteroatoms. The number of nitrogens with zero attached hydrogens (tertiary/aromatic N) is 2. The van der Waals surface area contributed by atoms with E-state index >= 15 is 0 Å². The van der Waals surface area contributed by atoms with Crippen LogP contribution >= 0.6 is 0 Å². The van der Waals surface area contributed by atoms with Gasteiger partial charge in [-0.25, -0.2) is 9.98 Å². The number of para-hydroxylation sites is 1. The van der Waals surface area contributed by atoms with E-state index in [-0.39, 0.29) is 6.17 Å². The summed E-state index contributed by atoms with van der Waals surface area (Å²) >= 11 is 0. The molecule has 0 radical (unpaired) electrons. The van der Waals surface area contributed by atoms with E-state index in [1.165, 1.54) is 10.9 Å². The number of fused-ring (bicyclic) bond motifs is 4. The number of hydrogen-bond donors (Lipinski definition) is 1. The second-order valence-corrected chi connectivity index (χ2v) is 11.9. The van der Waals surface area contributed by atoms with Gasteiger partial charge in [0.25, 0.3) is 0 Å². The highest BCUT2D eigenvalue weighted by Gasteiger charge is 2.22. The predicted molar refractivity (Wildman–Crippen MR) is 194 cm³/mol. The van der Waals surface area contributed by atoms with Gasteiger partial charge in [0.15, 0.2) is 5.84 Å². The molecule has 1 atom stereocenters. The van der Waals surface area contributed by atoms with Crippen LogP contribution in [-0.2, 0) is 0 Å². The molecule has 222 valence electrons. The summed E-state index contributed by atoms with van der Waals surface area (Å²) in [4.78, 5) is 10.2. The van der Waals surface area contributed by atoms with Crippen molar-refractivity contribution in [3.8, 4) is 22.3 Å². The fourth-order valence-electron chi connectivity index (χ4n) is 6.58. The van der Waals surface area contributed by atoms with Crippen LogP contribution in [-0.4, -0.2) is 11.7 Å². The third-order valence-corrected chi connectivity index (χ3v) is 8.91. The van der Waals surface area contributed by atoms with Crippen molar-refractivity contribution in [3.63, 3.8) is 0 Å². The molecule has 0 saturated carbocycles. The lowest BCUT2D eigenvalue weighted by molar-refractivity contribution is 0.669. The van der Waals surface area contributed by atoms with E-state index < -0.39 is 0 Å². The molecule has 0 spiro atoms. The minimum Gasteiger partial charge on any atom is -0.456 e. The van der Waals surface area contributed by atoms with Gasteiger partial charge in [-0.3, -0.25) is 0 Å². The molecule has 1 aromatic heterocycles. The van der Waals surface area contributed by atoms with Gasteiger partial charge in [-0.15, -0.1) is 0 Å². The second-order valence-electron chi connectivity index (χ2n) is 11.9. The summed E-state index contributed by atoms with van der Waals surface area (Å²) in [5.41, 5.74) is 9.51. The topological polar surface area (TPSA) is 49.9 Å². The summed E-state index contributed by atoms with van der Waals surface area (Å²) in [6, 6.07) is 57.0. The third-order valence-electron chi connectivity index (χ3n) is 8.91. The first-order chi connectivity index (χ1) is 23.3. The Bertz CT molecular complexity index is 2490.